The van der Waals surface area contributed by atoms with Crippen LogP contribution in [0.3, 0.4) is 0 Å². The molecule has 15 heavy (non-hydrogen) atoms. The fourth-order valence-corrected chi connectivity index (χ4v) is 1.28. The van der Waals surface area contributed by atoms with Crippen LogP contribution in [-0.2, 0) is 9.47 Å². The first kappa shape index (κ1) is 14.9. The number of ether oxygens (including phenoxy) is 2. The molecule has 2 heteroatoms. The third-order valence-electron chi connectivity index (χ3n) is 2.36. The quantitative estimate of drug-likeness (QED) is 0.629. The van der Waals surface area contributed by atoms with E-state index in [4.69, 9.17) is 9.47 Å². The second-order valence-corrected chi connectivity index (χ2v) is 3.99. The van der Waals surface area contributed by atoms with Gasteiger partial charge in [-0.3, -0.25) is 0 Å². The number of hydrogen-bond acceptors (Lipinski definition) is 2. The van der Waals surface area contributed by atoms with Gasteiger partial charge in [-0.1, -0.05) is 26.7 Å². The van der Waals surface area contributed by atoms with E-state index in [9.17, 15) is 0 Å². The van der Waals surface area contributed by atoms with Gasteiger partial charge in [0.05, 0.1) is 0 Å². The second kappa shape index (κ2) is 13.9. The van der Waals surface area contributed by atoms with Crippen molar-refractivity contribution in [3.8, 4) is 0 Å². The van der Waals surface area contributed by atoms with Crippen molar-refractivity contribution >= 4 is 0 Å². The van der Waals surface area contributed by atoms with E-state index in [0.29, 0.717) is 0 Å². The normalized spacial score (nSPS) is 15.6. The molecule has 0 N–H and O–H groups in total. The molecule has 1 fully saturated rings. The van der Waals surface area contributed by atoms with E-state index in [0.717, 1.165) is 26.4 Å². The molecule has 0 aromatic heterocycles. The Morgan fingerprint density at radius 2 is 1.40 bits per heavy atom. The zero-order valence-electron chi connectivity index (χ0n) is 10.6. The van der Waals surface area contributed by atoms with Crippen molar-refractivity contribution in [1.29, 1.82) is 0 Å². The minimum atomic E-state index is 0.955. The molecule has 1 aliphatic rings. The standard InChI is InChI=1S/C8H18O.C5H10O/c1-3-5-7-9-8-6-4-2;1-2-4-6-5-3-1/h3-8H2,1-2H3;1-5H2. The van der Waals surface area contributed by atoms with Crippen LogP contribution in [0.4, 0.5) is 0 Å². The van der Waals surface area contributed by atoms with Crippen LogP contribution in [0.5, 0.6) is 0 Å². The maximum Gasteiger partial charge on any atom is 0.0466 e. The fourth-order valence-electron chi connectivity index (χ4n) is 1.28. The van der Waals surface area contributed by atoms with Crippen LogP contribution in [-0.4, -0.2) is 26.4 Å². The van der Waals surface area contributed by atoms with Gasteiger partial charge in [-0.15, -0.1) is 0 Å². The lowest BCUT2D eigenvalue weighted by Gasteiger charge is -2.08. The van der Waals surface area contributed by atoms with E-state index < -0.39 is 0 Å². The maximum absolute atomic E-state index is 5.31. The third-order valence-corrected chi connectivity index (χ3v) is 2.36. The van der Waals surface area contributed by atoms with Crippen LogP contribution in [0.15, 0.2) is 0 Å². The topological polar surface area (TPSA) is 18.5 Å². The van der Waals surface area contributed by atoms with Gasteiger partial charge in [-0.2, -0.15) is 0 Å². The Morgan fingerprint density at radius 3 is 1.67 bits per heavy atom. The Hall–Kier alpha value is -0.0800. The fraction of sp³-hybridized carbons (Fsp3) is 1.00. The minimum Gasteiger partial charge on any atom is -0.381 e. The summed E-state index contributed by atoms with van der Waals surface area (Å²) in [6.07, 6.45) is 8.84. The van der Waals surface area contributed by atoms with Crippen molar-refractivity contribution in [3.05, 3.63) is 0 Å². The molecule has 1 aliphatic heterocycles. The minimum absolute atomic E-state index is 0.955. The Morgan fingerprint density at radius 1 is 0.867 bits per heavy atom. The lowest BCUT2D eigenvalue weighted by atomic mass is 10.2. The highest BCUT2D eigenvalue weighted by Crippen LogP contribution is 2.02. The van der Waals surface area contributed by atoms with Gasteiger partial charge in [-0.25, -0.2) is 0 Å². The van der Waals surface area contributed by atoms with Crippen molar-refractivity contribution in [3.63, 3.8) is 0 Å². The van der Waals surface area contributed by atoms with Crippen molar-refractivity contribution in [1.82, 2.24) is 0 Å². The van der Waals surface area contributed by atoms with E-state index in [-0.39, 0.29) is 0 Å². The van der Waals surface area contributed by atoms with E-state index in [1.807, 2.05) is 0 Å². The Labute approximate surface area is 95.3 Å². The summed E-state index contributed by atoms with van der Waals surface area (Å²) >= 11 is 0. The van der Waals surface area contributed by atoms with Gasteiger partial charge in [0, 0.05) is 26.4 Å². The highest BCUT2D eigenvalue weighted by atomic mass is 16.5. The third kappa shape index (κ3) is 13.9. The van der Waals surface area contributed by atoms with Gasteiger partial charge in [0.2, 0.25) is 0 Å². The molecule has 0 atom stereocenters. The van der Waals surface area contributed by atoms with E-state index in [2.05, 4.69) is 13.8 Å². The summed E-state index contributed by atoms with van der Waals surface area (Å²) in [6, 6.07) is 0. The SMILES string of the molecule is C1CCOCC1.CCCCOCCCC. The molecule has 0 amide bonds. The van der Waals surface area contributed by atoms with Crippen molar-refractivity contribution in [2.45, 2.75) is 58.8 Å². The monoisotopic (exact) mass is 216 g/mol. The average molecular weight is 216 g/mol. The molecule has 0 aromatic rings. The van der Waals surface area contributed by atoms with Crippen LogP contribution in [0.2, 0.25) is 0 Å². The smallest absolute Gasteiger partial charge is 0.0466 e. The summed E-state index contributed by atoms with van der Waals surface area (Å²) in [5, 5.41) is 0. The van der Waals surface area contributed by atoms with Crippen LogP contribution in [0.25, 0.3) is 0 Å². The van der Waals surface area contributed by atoms with Gasteiger partial charge >= 0.3 is 0 Å². The second-order valence-electron chi connectivity index (χ2n) is 3.99. The van der Waals surface area contributed by atoms with Crippen LogP contribution in [0, 0.1) is 0 Å². The summed E-state index contributed by atoms with van der Waals surface area (Å²) in [4.78, 5) is 0. The summed E-state index contributed by atoms with van der Waals surface area (Å²) in [6.45, 7) is 8.28. The van der Waals surface area contributed by atoms with Gasteiger partial charge in [0.15, 0.2) is 0 Å². The summed E-state index contributed by atoms with van der Waals surface area (Å²) in [5.41, 5.74) is 0. The molecule has 2 nitrogen and oxygen atoms in total. The zero-order chi connectivity index (χ0) is 11.2. The highest BCUT2D eigenvalue weighted by molar-refractivity contribution is 4.45. The van der Waals surface area contributed by atoms with E-state index >= 15 is 0 Å². The first-order chi connectivity index (χ1) is 7.41. The van der Waals surface area contributed by atoms with Crippen molar-refractivity contribution in [2.24, 2.45) is 0 Å². The predicted octanol–water partition coefficient (Wildman–Crippen LogP) is 3.79. The number of unbranched alkanes of at least 4 members (excludes halogenated alkanes) is 2. The molecule has 92 valence electrons. The lowest BCUT2D eigenvalue weighted by Crippen LogP contribution is -2.03. The maximum atomic E-state index is 5.31. The molecule has 0 saturated carbocycles. The van der Waals surface area contributed by atoms with E-state index in [1.54, 1.807) is 0 Å². The van der Waals surface area contributed by atoms with Crippen LogP contribution >= 0.6 is 0 Å². The zero-order valence-corrected chi connectivity index (χ0v) is 10.6. The van der Waals surface area contributed by atoms with Crippen molar-refractivity contribution < 1.29 is 9.47 Å². The summed E-state index contributed by atoms with van der Waals surface area (Å²) in [5.74, 6) is 0. The van der Waals surface area contributed by atoms with Gasteiger partial charge in [0.25, 0.3) is 0 Å². The predicted molar refractivity (Wildman–Crippen MR) is 65.3 cm³/mol. The molecule has 1 rings (SSSR count). The molecule has 0 spiro atoms. The van der Waals surface area contributed by atoms with Crippen LogP contribution in [0.1, 0.15) is 58.8 Å². The highest BCUT2D eigenvalue weighted by Gasteiger charge is 1.95. The largest absolute Gasteiger partial charge is 0.381 e. The molecular formula is C13H28O2. The molecule has 0 bridgehead atoms. The summed E-state index contributed by atoms with van der Waals surface area (Å²) < 4.78 is 10.4. The molecule has 0 aliphatic carbocycles. The van der Waals surface area contributed by atoms with Gasteiger partial charge < -0.3 is 9.47 Å². The molecule has 0 aromatic carbocycles. The first-order valence-corrected chi connectivity index (χ1v) is 6.57. The molecule has 1 heterocycles. The molecule has 1 saturated heterocycles. The number of hydrogen-bond donors (Lipinski definition) is 0. The van der Waals surface area contributed by atoms with Crippen molar-refractivity contribution in [2.75, 3.05) is 26.4 Å². The Bertz CT molecular complexity index is 83.2. The summed E-state index contributed by atoms with van der Waals surface area (Å²) in [7, 11) is 0. The Balaban J connectivity index is 0.000000280. The van der Waals surface area contributed by atoms with E-state index in [1.165, 1.54) is 44.9 Å². The molecular weight excluding hydrogens is 188 g/mol. The first-order valence-electron chi connectivity index (χ1n) is 6.57. The molecule has 0 unspecified atom stereocenters. The Kier molecular flexibility index (Phi) is 13.8. The molecule has 0 radical (unpaired) electrons. The van der Waals surface area contributed by atoms with Gasteiger partial charge in [-0.05, 0) is 32.1 Å². The number of rotatable bonds is 6. The van der Waals surface area contributed by atoms with Gasteiger partial charge in [0.1, 0.15) is 0 Å². The average Bonchev–Trinajstić information content (AvgIpc) is 2.32. The van der Waals surface area contributed by atoms with Crippen LogP contribution < -0.4 is 0 Å². The lowest BCUT2D eigenvalue weighted by molar-refractivity contribution is 0.0968.